The highest BCUT2D eigenvalue weighted by Crippen LogP contribution is 2.21. The first-order chi connectivity index (χ1) is 13.6. The Morgan fingerprint density at radius 3 is 2.64 bits per heavy atom. The predicted octanol–water partition coefficient (Wildman–Crippen LogP) is 1.81. The van der Waals surface area contributed by atoms with Crippen molar-refractivity contribution in [3.63, 3.8) is 0 Å². The fraction of sp³-hybridized carbons (Fsp3) is 0.316. The molecule has 1 fully saturated rings. The molecule has 0 unspecified atom stereocenters. The third-order valence-corrected chi connectivity index (χ3v) is 4.85. The van der Waals surface area contributed by atoms with E-state index < -0.39 is 0 Å². The summed E-state index contributed by atoms with van der Waals surface area (Å²) in [6.45, 7) is 2.03. The number of likely N-dealkylation sites (N-methyl/N-ethyl adjacent to an activating group) is 1. The molecule has 1 saturated heterocycles. The van der Waals surface area contributed by atoms with Crippen LogP contribution in [0.15, 0.2) is 43.2 Å². The van der Waals surface area contributed by atoms with Crippen LogP contribution in [-0.4, -0.2) is 62.6 Å². The van der Waals surface area contributed by atoms with E-state index in [9.17, 15) is 0 Å². The van der Waals surface area contributed by atoms with Gasteiger partial charge >= 0.3 is 0 Å². The summed E-state index contributed by atoms with van der Waals surface area (Å²) in [5.74, 6) is 2.16. The Bertz CT molecular complexity index is 970. The van der Waals surface area contributed by atoms with Crippen molar-refractivity contribution in [3.8, 4) is 11.8 Å². The molecule has 0 aliphatic carbocycles. The van der Waals surface area contributed by atoms with Gasteiger partial charge in [-0.05, 0) is 32.6 Å². The standard InChI is InChI=1S/C19H21N9/c1-26(2)16-5-6-27(11-16)19-4-3-15(9-23-19)28-12-18(24-13-28)25-17-10-21-14(7-20)8-22-17/h3-4,8-10,12-13,16H,5-6,11H2,1-2H3,(H,22,25)/t16-/m1/s1. The summed E-state index contributed by atoms with van der Waals surface area (Å²) in [5.41, 5.74) is 1.20. The summed E-state index contributed by atoms with van der Waals surface area (Å²) in [6.07, 6.45) is 9.51. The monoisotopic (exact) mass is 375 g/mol. The van der Waals surface area contributed by atoms with Crippen LogP contribution < -0.4 is 10.2 Å². The van der Waals surface area contributed by atoms with Gasteiger partial charge in [0.05, 0.1) is 30.5 Å². The van der Waals surface area contributed by atoms with Crippen molar-refractivity contribution in [2.75, 3.05) is 37.4 Å². The Kier molecular flexibility index (Phi) is 4.87. The van der Waals surface area contributed by atoms with Gasteiger partial charge in [0.15, 0.2) is 5.69 Å². The molecule has 4 rings (SSSR count). The topological polar surface area (TPSA) is 98.8 Å². The van der Waals surface area contributed by atoms with Gasteiger partial charge in [0.1, 0.15) is 29.9 Å². The Labute approximate surface area is 163 Å². The Hall–Kier alpha value is -3.51. The highest BCUT2D eigenvalue weighted by molar-refractivity contribution is 5.51. The van der Waals surface area contributed by atoms with Crippen LogP contribution in [0.1, 0.15) is 12.1 Å². The van der Waals surface area contributed by atoms with Gasteiger partial charge in [0, 0.05) is 19.1 Å². The van der Waals surface area contributed by atoms with Crippen LogP contribution in [0.5, 0.6) is 0 Å². The van der Waals surface area contributed by atoms with Crippen LogP contribution >= 0.6 is 0 Å². The Balaban J connectivity index is 1.43. The van der Waals surface area contributed by atoms with E-state index in [1.165, 1.54) is 12.4 Å². The van der Waals surface area contributed by atoms with Crippen LogP contribution in [0, 0.1) is 11.3 Å². The van der Waals surface area contributed by atoms with Gasteiger partial charge in [-0.1, -0.05) is 0 Å². The van der Waals surface area contributed by atoms with Crippen LogP contribution in [0.2, 0.25) is 0 Å². The zero-order valence-electron chi connectivity index (χ0n) is 15.8. The van der Waals surface area contributed by atoms with Crippen molar-refractivity contribution < 1.29 is 0 Å². The van der Waals surface area contributed by atoms with Crippen molar-refractivity contribution in [2.24, 2.45) is 0 Å². The number of anilines is 3. The fourth-order valence-corrected chi connectivity index (χ4v) is 3.20. The molecular formula is C19H21N9. The first-order valence-corrected chi connectivity index (χ1v) is 9.03. The number of imidazole rings is 1. The average Bonchev–Trinajstić information content (AvgIpc) is 3.39. The maximum atomic E-state index is 8.77. The molecule has 1 aliphatic rings. The van der Waals surface area contributed by atoms with Gasteiger partial charge in [0.25, 0.3) is 0 Å². The minimum atomic E-state index is 0.275. The molecule has 0 radical (unpaired) electrons. The van der Waals surface area contributed by atoms with Crippen LogP contribution in [0.25, 0.3) is 5.69 Å². The van der Waals surface area contributed by atoms with Gasteiger partial charge in [-0.3, -0.25) is 0 Å². The number of nitrogens with zero attached hydrogens (tertiary/aromatic N) is 8. The minimum absolute atomic E-state index is 0.275. The molecule has 0 saturated carbocycles. The normalized spacial score (nSPS) is 16.4. The molecule has 9 heteroatoms. The summed E-state index contributed by atoms with van der Waals surface area (Å²) < 4.78 is 1.89. The quantitative estimate of drug-likeness (QED) is 0.721. The molecule has 3 aromatic heterocycles. The Morgan fingerprint density at radius 1 is 1.11 bits per heavy atom. The van der Waals surface area contributed by atoms with Gasteiger partial charge in [-0.2, -0.15) is 5.26 Å². The predicted molar refractivity (Wildman–Crippen MR) is 106 cm³/mol. The van der Waals surface area contributed by atoms with Crippen LogP contribution in [-0.2, 0) is 0 Å². The highest BCUT2D eigenvalue weighted by atomic mass is 15.3. The van der Waals surface area contributed by atoms with Crippen molar-refractivity contribution >= 4 is 17.5 Å². The zero-order valence-corrected chi connectivity index (χ0v) is 15.8. The average molecular weight is 375 g/mol. The third kappa shape index (κ3) is 3.77. The van der Waals surface area contributed by atoms with Crippen LogP contribution in [0.4, 0.5) is 17.5 Å². The number of hydrogen-bond donors (Lipinski definition) is 1. The number of hydrogen-bond acceptors (Lipinski definition) is 8. The smallest absolute Gasteiger partial charge is 0.158 e. The summed E-state index contributed by atoms with van der Waals surface area (Å²) in [4.78, 5) is 21.7. The maximum absolute atomic E-state index is 8.77. The van der Waals surface area contributed by atoms with Gasteiger partial charge in [-0.15, -0.1) is 0 Å². The minimum Gasteiger partial charge on any atom is -0.355 e. The summed E-state index contributed by atoms with van der Waals surface area (Å²) >= 11 is 0. The van der Waals surface area contributed by atoms with Gasteiger partial charge < -0.3 is 19.7 Å². The zero-order chi connectivity index (χ0) is 19.5. The molecule has 28 heavy (non-hydrogen) atoms. The molecule has 3 aromatic rings. The van der Waals surface area contributed by atoms with E-state index in [1.807, 2.05) is 35.2 Å². The van der Waals surface area contributed by atoms with Crippen LogP contribution in [0.3, 0.4) is 0 Å². The number of pyridine rings is 1. The first kappa shape index (κ1) is 17.9. The van der Waals surface area contributed by atoms with E-state index in [2.05, 4.69) is 49.1 Å². The van der Waals surface area contributed by atoms with Crippen molar-refractivity contribution in [1.29, 1.82) is 5.26 Å². The molecule has 1 aliphatic heterocycles. The lowest BCUT2D eigenvalue weighted by atomic mass is 10.2. The molecule has 0 aromatic carbocycles. The molecule has 4 heterocycles. The lowest BCUT2D eigenvalue weighted by Crippen LogP contribution is -2.31. The second-order valence-electron chi connectivity index (χ2n) is 6.92. The second-order valence-corrected chi connectivity index (χ2v) is 6.92. The SMILES string of the molecule is CN(C)[C@@H]1CCN(c2ccc(-n3cnc(Nc4cnc(C#N)cn4)c3)cn2)C1. The van der Waals surface area contributed by atoms with Crippen molar-refractivity contribution in [1.82, 2.24) is 29.4 Å². The lowest BCUT2D eigenvalue weighted by Gasteiger charge is -2.21. The fourth-order valence-electron chi connectivity index (χ4n) is 3.20. The highest BCUT2D eigenvalue weighted by Gasteiger charge is 2.24. The summed E-state index contributed by atoms with van der Waals surface area (Å²) in [5, 5.41) is 11.8. The van der Waals surface area contributed by atoms with E-state index in [0.717, 1.165) is 31.0 Å². The van der Waals surface area contributed by atoms with E-state index in [1.54, 1.807) is 6.33 Å². The molecule has 1 atom stereocenters. The molecule has 0 amide bonds. The number of aromatic nitrogens is 5. The number of nitriles is 1. The van der Waals surface area contributed by atoms with Crippen molar-refractivity contribution in [2.45, 2.75) is 12.5 Å². The summed E-state index contributed by atoms with van der Waals surface area (Å²) in [6, 6.07) is 6.61. The molecule has 0 spiro atoms. The number of nitrogens with one attached hydrogen (secondary N) is 1. The van der Waals surface area contributed by atoms with Gasteiger partial charge in [0.2, 0.25) is 0 Å². The molecule has 0 bridgehead atoms. The Morgan fingerprint density at radius 2 is 2.00 bits per heavy atom. The lowest BCUT2D eigenvalue weighted by molar-refractivity contribution is 0.315. The van der Waals surface area contributed by atoms with E-state index in [4.69, 9.17) is 5.26 Å². The van der Waals surface area contributed by atoms with E-state index >= 15 is 0 Å². The number of rotatable bonds is 5. The first-order valence-electron chi connectivity index (χ1n) is 9.03. The van der Waals surface area contributed by atoms with Crippen molar-refractivity contribution in [3.05, 3.63) is 48.9 Å². The van der Waals surface area contributed by atoms with E-state index in [-0.39, 0.29) is 5.69 Å². The summed E-state index contributed by atoms with van der Waals surface area (Å²) in [7, 11) is 4.25. The second kappa shape index (κ2) is 7.62. The van der Waals surface area contributed by atoms with E-state index in [0.29, 0.717) is 17.7 Å². The molecule has 9 nitrogen and oxygen atoms in total. The largest absolute Gasteiger partial charge is 0.355 e. The molecule has 142 valence electrons. The molecule has 1 N–H and O–H groups in total. The molecular weight excluding hydrogens is 354 g/mol. The third-order valence-electron chi connectivity index (χ3n) is 4.85. The maximum Gasteiger partial charge on any atom is 0.158 e. The van der Waals surface area contributed by atoms with Gasteiger partial charge in [-0.25, -0.2) is 19.9 Å².